The molecular formula is C17H21F4IN4O. The van der Waals surface area contributed by atoms with Gasteiger partial charge in [0.05, 0.1) is 11.3 Å². The molecule has 0 aliphatic carbocycles. The van der Waals surface area contributed by atoms with E-state index in [-0.39, 0.29) is 36.1 Å². The summed E-state index contributed by atoms with van der Waals surface area (Å²) in [7, 11) is 1.51. The minimum atomic E-state index is -4.63. The van der Waals surface area contributed by atoms with E-state index in [4.69, 9.17) is 4.52 Å². The van der Waals surface area contributed by atoms with Crippen LogP contribution in [0.25, 0.3) is 0 Å². The number of alkyl halides is 3. The molecule has 2 rings (SSSR count). The van der Waals surface area contributed by atoms with Crippen LogP contribution in [0.4, 0.5) is 17.6 Å². The summed E-state index contributed by atoms with van der Waals surface area (Å²) in [6.07, 6.45) is -3.99. The monoisotopic (exact) mass is 500 g/mol. The minimum absolute atomic E-state index is 0. The van der Waals surface area contributed by atoms with Gasteiger partial charge in [-0.1, -0.05) is 11.2 Å². The van der Waals surface area contributed by atoms with Crippen LogP contribution in [0.3, 0.4) is 0 Å². The molecule has 1 aromatic heterocycles. The maximum absolute atomic E-state index is 13.1. The molecule has 27 heavy (non-hydrogen) atoms. The maximum atomic E-state index is 13.1. The molecule has 0 saturated carbocycles. The van der Waals surface area contributed by atoms with Crippen molar-refractivity contribution in [2.75, 3.05) is 13.6 Å². The van der Waals surface area contributed by atoms with E-state index < -0.39 is 17.6 Å². The first-order valence-corrected chi connectivity index (χ1v) is 7.94. The Kier molecular flexibility index (Phi) is 8.51. The average molecular weight is 500 g/mol. The van der Waals surface area contributed by atoms with Crippen LogP contribution in [0.5, 0.6) is 0 Å². The number of halogens is 5. The number of nitrogens with one attached hydrogen (secondary N) is 2. The first-order valence-electron chi connectivity index (χ1n) is 7.94. The molecule has 1 aromatic carbocycles. The molecule has 0 radical (unpaired) electrons. The second-order valence-electron chi connectivity index (χ2n) is 5.70. The number of nitrogens with zero attached hydrogens (tertiary/aromatic N) is 2. The van der Waals surface area contributed by atoms with E-state index in [1.165, 1.54) is 7.05 Å². The Morgan fingerprint density at radius 3 is 2.48 bits per heavy atom. The lowest BCUT2D eigenvalue weighted by molar-refractivity contribution is -0.138. The fourth-order valence-electron chi connectivity index (χ4n) is 2.53. The highest BCUT2D eigenvalue weighted by atomic mass is 127. The van der Waals surface area contributed by atoms with Crippen molar-refractivity contribution in [2.45, 2.75) is 33.0 Å². The van der Waals surface area contributed by atoms with E-state index >= 15 is 0 Å². The highest BCUT2D eigenvalue weighted by molar-refractivity contribution is 14.0. The van der Waals surface area contributed by atoms with Gasteiger partial charge in [0.1, 0.15) is 11.6 Å². The predicted molar refractivity (Wildman–Crippen MR) is 105 cm³/mol. The van der Waals surface area contributed by atoms with Crippen molar-refractivity contribution in [1.29, 1.82) is 0 Å². The topological polar surface area (TPSA) is 62.5 Å². The summed E-state index contributed by atoms with van der Waals surface area (Å²) in [6, 6.07) is 2.60. The number of guanidine groups is 1. The molecule has 0 fully saturated rings. The lowest BCUT2D eigenvalue weighted by atomic mass is 10.1. The highest BCUT2D eigenvalue weighted by Gasteiger charge is 2.33. The molecule has 0 amide bonds. The van der Waals surface area contributed by atoms with Crippen LogP contribution >= 0.6 is 24.0 Å². The molecule has 0 spiro atoms. The van der Waals surface area contributed by atoms with E-state index in [0.29, 0.717) is 25.0 Å². The highest BCUT2D eigenvalue weighted by Crippen LogP contribution is 2.32. The number of benzene rings is 1. The van der Waals surface area contributed by atoms with Crippen molar-refractivity contribution in [2.24, 2.45) is 4.99 Å². The Labute approximate surface area is 171 Å². The number of hydrogen-bond donors (Lipinski definition) is 2. The molecule has 2 N–H and O–H groups in total. The van der Waals surface area contributed by atoms with Crippen LogP contribution in [-0.2, 0) is 19.1 Å². The van der Waals surface area contributed by atoms with Gasteiger partial charge in [-0.05, 0) is 38.0 Å². The van der Waals surface area contributed by atoms with E-state index in [9.17, 15) is 17.6 Å². The Bertz CT molecular complexity index is 770. The van der Waals surface area contributed by atoms with Gasteiger partial charge in [-0.2, -0.15) is 13.2 Å². The molecule has 150 valence electrons. The van der Waals surface area contributed by atoms with Crippen LogP contribution < -0.4 is 10.6 Å². The van der Waals surface area contributed by atoms with Crippen LogP contribution in [0.2, 0.25) is 0 Å². The van der Waals surface area contributed by atoms with Crippen molar-refractivity contribution in [1.82, 2.24) is 15.8 Å². The molecule has 0 aliphatic rings. The molecule has 1 heterocycles. The third-order valence-corrected chi connectivity index (χ3v) is 3.90. The maximum Gasteiger partial charge on any atom is 0.416 e. The summed E-state index contributed by atoms with van der Waals surface area (Å²) in [5.41, 5.74) is 0.711. The quantitative estimate of drug-likeness (QED) is 0.283. The molecule has 0 aliphatic heterocycles. The van der Waals surface area contributed by atoms with E-state index in [1.54, 1.807) is 0 Å². The van der Waals surface area contributed by atoms with Crippen molar-refractivity contribution < 1.29 is 22.1 Å². The Balaban J connectivity index is 0.00000364. The first kappa shape index (κ1) is 23.2. The lowest BCUT2D eigenvalue weighted by Gasteiger charge is -2.16. The molecular weight excluding hydrogens is 479 g/mol. The van der Waals surface area contributed by atoms with Gasteiger partial charge in [-0.25, -0.2) is 4.39 Å². The van der Waals surface area contributed by atoms with Crippen LogP contribution in [0, 0.1) is 19.7 Å². The summed E-state index contributed by atoms with van der Waals surface area (Å²) in [5.74, 6) is 0.144. The van der Waals surface area contributed by atoms with E-state index in [2.05, 4.69) is 20.8 Å². The molecule has 2 aromatic rings. The van der Waals surface area contributed by atoms with Gasteiger partial charge in [-0.3, -0.25) is 4.99 Å². The summed E-state index contributed by atoms with van der Waals surface area (Å²) < 4.78 is 57.3. The van der Waals surface area contributed by atoms with Gasteiger partial charge in [0.25, 0.3) is 0 Å². The Hall–Kier alpha value is -1.85. The number of rotatable bonds is 5. The summed E-state index contributed by atoms with van der Waals surface area (Å²) >= 11 is 0. The van der Waals surface area contributed by atoms with Crippen LogP contribution in [-0.4, -0.2) is 24.7 Å². The summed E-state index contributed by atoms with van der Waals surface area (Å²) in [4.78, 5) is 3.98. The molecule has 0 bridgehead atoms. The zero-order chi connectivity index (χ0) is 19.3. The smallest absolute Gasteiger partial charge is 0.361 e. The Morgan fingerprint density at radius 2 is 1.93 bits per heavy atom. The number of hydrogen-bond acceptors (Lipinski definition) is 3. The third kappa shape index (κ3) is 6.36. The third-order valence-electron chi connectivity index (χ3n) is 3.90. The fourth-order valence-corrected chi connectivity index (χ4v) is 2.53. The van der Waals surface area contributed by atoms with E-state index in [0.717, 1.165) is 29.2 Å². The normalized spacial score (nSPS) is 11.9. The molecule has 0 unspecified atom stereocenters. The zero-order valence-corrected chi connectivity index (χ0v) is 17.4. The van der Waals surface area contributed by atoms with Crippen LogP contribution in [0.15, 0.2) is 27.7 Å². The van der Waals surface area contributed by atoms with Gasteiger partial charge in [-0.15, -0.1) is 24.0 Å². The summed E-state index contributed by atoms with van der Waals surface area (Å²) in [6.45, 7) is 4.01. The minimum Gasteiger partial charge on any atom is -0.361 e. The van der Waals surface area contributed by atoms with Gasteiger partial charge >= 0.3 is 6.18 Å². The SMILES string of the molecule is CN=C(NCCc1c(C)noc1C)NCc1ccc(F)cc1C(F)(F)F.I. The second kappa shape index (κ2) is 9.90. The second-order valence-corrected chi connectivity index (χ2v) is 5.70. The number of aromatic nitrogens is 1. The fraction of sp³-hybridized carbons (Fsp3) is 0.412. The molecule has 5 nitrogen and oxygen atoms in total. The van der Waals surface area contributed by atoms with Gasteiger partial charge < -0.3 is 15.2 Å². The van der Waals surface area contributed by atoms with Gasteiger partial charge in [0.15, 0.2) is 5.96 Å². The number of aliphatic imine (C=N–C) groups is 1. The average Bonchev–Trinajstić information content (AvgIpc) is 2.89. The van der Waals surface area contributed by atoms with Gasteiger partial charge in [0.2, 0.25) is 0 Å². The van der Waals surface area contributed by atoms with Crippen molar-refractivity contribution in [3.63, 3.8) is 0 Å². The number of aryl methyl sites for hydroxylation is 2. The van der Waals surface area contributed by atoms with Gasteiger partial charge in [0, 0.05) is 25.7 Å². The molecule has 10 heteroatoms. The lowest BCUT2D eigenvalue weighted by Crippen LogP contribution is -2.38. The zero-order valence-electron chi connectivity index (χ0n) is 15.1. The van der Waals surface area contributed by atoms with Crippen molar-refractivity contribution >= 4 is 29.9 Å². The Morgan fingerprint density at radius 1 is 1.22 bits per heavy atom. The van der Waals surface area contributed by atoms with Crippen molar-refractivity contribution in [3.05, 3.63) is 52.2 Å². The summed E-state index contributed by atoms with van der Waals surface area (Å²) in [5, 5.41) is 9.68. The largest absolute Gasteiger partial charge is 0.416 e. The van der Waals surface area contributed by atoms with Crippen molar-refractivity contribution in [3.8, 4) is 0 Å². The van der Waals surface area contributed by atoms with Crippen LogP contribution in [0.1, 0.15) is 28.1 Å². The molecule has 0 saturated heterocycles. The van der Waals surface area contributed by atoms with E-state index in [1.807, 2.05) is 13.8 Å². The molecule has 0 atom stereocenters. The standard InChI is InChI=1S/C17H20F4N4O.HI/c1-10-14(11(2)26-25-10)6-7-23-16(22-3)24-9-12-4-5-13(18)8-15(12)17(19,20)21;/h4-5,8H,6-7,9H2,1-3H3,(H2,22,23,24);1H. The first-order chi connectivity index (χ1) is 12.2. The predicted octanol–water partition coefficient (Wildman–Crippen LogP) is 3.98.